The van der Waals surface area contributed by atoms with Gasteiger partial charge in [-0.15, -0.1) is 0 Å². The fraction of sp³-hybridized carbons (Fsp3) is 0.105. The standard InChI is InChI=1S/C19H16Cl2N4O3/c1-27-12-6-7-17(28-2)13(8-12)15-9-16(24-23-15)19(26)25-22-10-11-4-3-5-14(20)18(11)21/h3-10H,1-2H3,(H,23,24)(H,25,26). The summed E-state index contributed by atoms with van der Waals surface area (Å²) in [6, 6.07) is 12.0. The van der Waals surface area contributed by atoms with E-state index in [4.69, 9.17) is 32.7 Å². The van der Waals surface area contributed by atoms with Gasteiger partial charge in [-0.1, -0.05) is 35.3 Å². The van der Waals surface area contributed by atoms with Gasteiger partial charge in [0.1, 0.15) is 17.2 Å². The van der Waals surface area contributed by atoms with E-state index in [9.17, 15) is 4.79 Å². The number of hydrogen-bond acceptors (Lipinski definition) is 5. The fourth-order valence-electron chi connectivity index (χ4n) is 2.43. The average Bonchev–Trinajstić information content (AvgIpc) is 3.20. The zero-order valence-electron chi connectivity index (χ0n) is 15.0. The van der Waals surface area contributed by atoms with Crippen LogP contribution in [0.1, 0.15) is 16.1 Å². The minimum atomic E-state index is -0.463. The zero-order valence-corrected chi connectivity index (χ0v) is 16.5. The summed E-state index contributed by atoms with van der Waals surface area (Å²) < 4.78 is 10.6. The summed E-state index contributed by atoms with van der Waals surface area (Å²) in [5.74, 6) is 0.788. The summed E-state index contributed by atoms with van der Waals surface area (Å²) in [6.07, 6.45) is 1.41. The number of H-pyrrole nitrogens is 1. The van der Waals surface area contributed by atoms with Gasteiger partial charge in [0.25, 0.3) is 5.91 Å². The Bertz CT molecular complexity index is 1030. The third kappa shape index (κ3) is 4.27. The van der Waals surface area contributed by atoms with Crippen LogP contribution in [0.25, 0.3) is 11.3 Å². The van der Waals surface area contributed by atoms with Gasteiger partial charge in [0.05, 0.1) is 36.2 Å². The molecule has 0 spiro atoms. The number of ether oxygens (including phenoxy) is 2. The molecule has 0 saturated carbocycles. The molecule has 7 nitrogen and oxygen atoms in total. The molecule has 9 heteroatoms. The van der Waals surface area contributed by atoms with Crippen LogP contribution in [0.15, 0.2) is 47.6 Å². The van der Waals surface area contributed by atoms with Crippen molar-refractivity contribution in [2.24, 2.45) is 5.10 Å². The number of hydrogen-bond donors (Lipinski definition) is 2. The number of nitrogens with zero attached hydrogens (tertiary/aromatic N) is 2. The topological polar surface area (TPSA) is 88.6 Å². The Morgan fingerprint density at radius 1 is 1.18 bits per heavy atom. The molecule has 0 atom stereocenters. The Labute approximate surface area is 171 Å². The number of carbonyl (C=O) groups is 1. The van der Waals surface area contributed by atoms with E-state index in [0.29, 0.717) is 38.4 Å². The highest BCUT2D eigenvalue weighted by molar-refractivity contribution is 6.43. The molecule has 0 aliphatic heterocycles. The van der Waals surface area contributed by atoms with Crippen molar-refractivity contribution in [2.75, 3.05) is 14.2 Å². The molecule has 1 amide bonds. The normalized spacial score (nSPS) is 10.9. The molecule has 28 heavy (non-hydrogen) atoms. The zero-order chi connectivity index (χ0) is 20.1. The van der Waals surface area contributed by atoms with Gasteiger partial charge < -0.3 is 9.47 Å². The second-order valence-electron chi connectivity index (χ2n) is 5.58. The molecule has 144 valence electrons. The summed E-state index contributed by atoms with van der Waals surface area (Å²) >= 11 is 12.0. The molecule has 0 aliphatic rings. The van der Waals surface area contributed by atoms with Crippen molar-refractivity contribution in [3.05, 3.63) is 63.8 Å². The van der Waals surface area contributed by atoms with Crippen LogP contribution < -0.4 is 14.9 Å². The molecule has 1 heterocycles. The van der Waals surface area contributed by atoms with E-state index in [1.807, 2.05) is 0 Å². The molecular formula is C19H16Cl2N4O3. The van der Waals surface area contributed by atoms with Crippen molar-refractivity contribution in [1.82, 2.24) is 15.6 Å². The molecule has 2 aromatic carbocycles. The van der Waals surface area contributed by atoms with Crippen LogP contribution >= 0.6 is 23.2 Å². The Balaban J connectivity index is 1.76. The molecular weight excluding hydrogens is 403 g/mol. The van der Waals surface area contributed by atoms with E-state index in [1.165, 1.54) is 6.21 Å². The quantitative estimate of drug-likeness (QED) is 0.464. The lowest BCUT2D eigenvalue weighted by Crippen LogP contribution is -2.18. The first-order chi connectivity index (χ1) is 13.5. The van der Waals surface area contributed by atoms with Gasteiger partial charge >= 0.3 is 0 Å². The number of methoxy groups -OCH3 is 2. The smallest absolute Gasteiger partial charge is 0.289 e. The predicted octanol–water partition coefficient (Wildman–Crippen LogP) is 4.16. The van der Waals surface area contributed by atoms with Crippen LogP contribution in [-0.4, -0.2) is 36.5 Å². The van der Waals surface area contributed by atoms with E-state index in [1.54, 1.807) is 56.7 Å². The Morgan fingerprint density at radius 3 is 2.75 bits per heavy atom. The van der Waals surface area contributed by atoms with Crippen LogP contribution in [0, 0.1) is 0 Å². The molecule has 0 bridgehead atoms. The Morgan fingerprint density at radius 2 is 2.00 bits per heavy atom. The fourth-order valence-corrected chi connectivity index (χ4v) is 2.79. The van der Waals surface area contributed by atoms with Crippen molar-refractivity contribution in [2.45, 2.75) is 0 Å². The molecule has 0 unspecified atom stereocenters. The van der Waals surface area contributed by atoms with Crippen molar-refractivity contribution in [3.8, 4) is 22.8 Å². The largest absolute Gasteiger partial charge is 0.497 e. The summed E-state index contributed by atoms with van der Waals surface area (Å²) in [7, 11) is 3.13. The molecule has 0 aliphatic carbocycles. The highest BCUT2D eigenvalue weighted by Crippen LogP contribution is 2.32. The molecule has 0 fully saturated rings. The van der Waals surface area contributed by atoms with Crippen LogP contribution in [0.3, 0.4) is 0 Å². The third-order valence-electron chi connectivity index (χ3n) is 3.86. The summed E-state index contributed by atoms with van der Waals surface area (Å²) in [5, 5.41) is 11.5. The van der Waals surface area contributed by atoms with Gasteiger partial charge in [-0.3, -0.25) is 9.89 Å². The lowest BCUT2D eigenvalue weighted by molar-refractivity contribution is 0.0950. The van der Waals surface area contributed by atoms with Gasteiger partial charge in [-0.2, -0.15) is 10.2 Å². The number of rotatable bonds is 6. The van der Waals surface area contributed by atoms with Crippen molar-refractivity contribution in [3.63, 3.8) is 0 Å². The highest BCUT2D eigenvalue weighted by atomic mass is 35.5. The number of amides is 1. The summed E-state index contributed by atoms with van der Waals surface area (Å²) in [6.45, 7) is 0. The minimum absolute atomic E-state index is 0.231. The number of hydrazone groups is 1. The van der Waals surface area contributed by atoms with Crippen LogP contribution in [0.5, 0.6) is 11.5 Å². The van der Waals surface area contributed by atoms with Gasteiger partial charge in [0.2, 0.25) is 0 Å². The van der Waals surface area contributed by atoms with Gasteiger partial charge in [-0.25, -0.2) is 5.43 Å². The predicted molar refractivity (Wildman–Crippen MR) is 109 cm³/mol. The van der Waals surface area contributed by atoms with Gasteiger partial charge in [0, 0.05) is 11.1 Å². The van der Waals surface area contributed by atoms with Gasteiger partial charge in [-0.05, 0) is 30.3 Å². The highest BCUT2D eigenvalue weighted by Gasteiger charge is 2.14. The molecule has 2 N–H and O–H groups in total. The lowest BCUT2D eigenvalue weighted by atomic mass is 10.1. The number of nitrogens with one attached hydrogen (secondary N) is 2. The molecule has 1 aromatic heterocycles. The van der Waals surface area contributed by atoms with Crippen molar-refractivity contribution >= 4 is 35.3 Å². The monoisotopic (exact) mass is 418 g/mol. The maximum atomic E-state index is 12.3. The van der Waals surface area contributed by atoms with Crippen LogP contribution in [0.2, 0.25) is 10.0 Å². The van der Waals surface area contributed by atoms with Gasteiger partial charge in [0.15, 0.2) is 0 Å². The SMILES string of the molecule is COc1ccc(OC)c(-c2cc(C(=O)NN=Cc3cccc(Cl)c3Cl)[nH]n2)c1. The number of carbonyl (C=O) groups excluding carboxylic acids is 1. The van der Waals surface area contributed by atoms with Crippen LogP contribution in [0.4, 0.5) is 0 Å². The van der Waals surface area contributed by atoms with E-state index >= 15 is 0 Å². The van der Waals surface area contributed by atoms with E-state index in [2.05, 4.69) is 20.7 Å². The number of aromatic amines is 1. The summed E-state index contributed by atoms with van der Waals surface area (Å²) in [5.41, 5.74) is 4.44. The first-order valence-corrected chi connectivity index (χ1v) is 8.84. The van der Waals surface area contributed by atoms with Crippen molar-refractivity contribution in [1.29, 1.82) is 0 Å². The Hall–Kier alpha value is -3.03. The minimum Gasteiger partial charge on any atom is -0.497 e. The number of aromatic nitrogens is 2. The van der Waals surface area contributed by atoms with Crippen molar-refractivity contribution < 1.29 is 14.3 Å². The maximum absolute atomic E-state index is 12.3. The first-order valence-electron chi connectivity index (χ1n) is 8.08. The van der Waals surface area contributed by atoms with Crippen LogP contribution in [-0.2, 0) is 0 Å². The Kier molecular flexibility index (Phi) is 6.18. The van der Waals surface area contributed by atoms with E-state index in [-0.39, 0.29) is 5.69 Å². The molecule has 3 rings (SSSR count). The molecule has 0 saturated heterocycles. The number of benzene rings is 2. The summed E-state index contributed by atoms with van der Waals surface area (Å²) in [4.78, 5) is 12.3. The second kappa shape index (κ2) is 8.77. The third-order valence-corrected chi connectivity index (χ3v) is 4.69. The number of halogens is 2. The molecule has 3 aromatic rings. The lowest BCUT2D eigenvalue weighted by Gasteiger charge is -2.08. The van der Waals surface area contributed by atoms with E-state index < -0.39 is 5.91 Å². The molecule has 0 radical (unpaired) electrons. The second-order valence-corrected chi connectivity index (χ2v) is 6.36. The maximum Gasteiger partial charge on any atom is 0.289 e. The first kappa shape index (κ1) is 19.7. The van der Waals surface area contributed by atoms with E-state index in [0.717, 1.165) is 0 Å². The average molecular weight is 419 g/mol.